The molecule has 5 nitrogen and oxygen atoms in total. The molecule has 0 saturated heterocycles. The van der Waals surface area contributed by atoms with Crippen molar-refractivity contribution in [3.05, 3.63) is 24.2 Å². The molecule has 1 aromatic rings. The highest BCUT2D eigenvalue weighted by molar-refractivity contribution is 8.00. The molecule has 2 unspecified atom stereocenters. The Kier molecular flexibility index (Phi) is 6.49. The number of hydrogen-bond donors (Lipinski definition) is 1. The van der Waals surface area contributed by atoms with Gasteiger partial charge in [0, 0.05) is 5.25 Å². The van der Waals surface area contributed by atoms with E-state index in [1.165, 1.54) is 18.9 Å². The fourth-order valence-electron chi connectivity index (χ4n) is 1.49. The van der Waals surface area contributed by atoms with Gasteiger partial charge in [0.25, 0.3) is 0 Å². The Morgan fingerprint density at radius 1 is 1.47 bits per heavy atom. The molecule has 0 radical (unpaired) electrons. The monoisotopic (exact) mass is 285 g/mol. The van der Waals surface area contributed by atoms with Crippen LogP contribution in [0, 0.1) is 0 Å². The van der Waals surface area contributed by atoms with Gasteiger partial charge in [-0.25, -0.2) is 0 Å². The fraction of sp³-hybridized carbons (Fsp3) is 0.538. The van der Waals surface area contributed by atoms with E-state index in [9.17, 15) is 9.59 Å². The molecule has 0 spiro atoms. The van der Waals surface area contributed by atoms with Crippen molar-refractivity contribution in [1.29, 1.82) is 0 Å². The lowest BCUT2D eigenvalue weighted by Crippen LogP contribution is -2.28. The van der Waals surface area contributed by atoms with Crippen molar-refractivity contribution >= 4 is 23.6 Å². The number of rotatable bonds is 7. The van der Waals surface area contributed by atoms with Gasteiger partial charge in [0.05, 0.1) is 31.6 Å². The van der Waals surface area contributed by atoms with E-state index in [-0.39, 0.29) is 23.2 Å². The lowest BCUT2D eigenvalue weighted by atomic mass is 10.2. The number of thioether (sulfide) groups is 1. The van der Waals surface area contributed by atoms with Gasteiger partial charge >= 0.3 is 5.97 Å². The summed E-state index contributed by atoms with van der Waals surface area (Å²) in [6.07, 6.45) is 1.88. The van der Waals surface area contributed by atoms with E-state index in [1.54, 1.807) is 12.3 Å². The third-order valence-corrected chi connectivity index (χ3v) is 3.69. The zero-order valence-corrected chi connectivity index (χ0v) is 12.2. The van der Waals surface area contributed by atoms with Gasteiger partial charge in [0.1, 0.15) is 5.76 Å². The van der Waals surface area contributed by atoms with Gasteiger partial charge in [-0.3, -0.25) is 9.59 Å². The van der Waals surface area contributed by atoms with Crippen molar-refractivity contribution in [3.63, 3.8) is 0 Å². The maximum absolute atomic E-state index is 11.7. The second-order valence-electron chi connectivity index (χ2n) is 4.21. The minimum absolute atomic E-state index is 0.0529. The normalized spacial score (nSPS) is 13.6. The highest BCUT2D eigenvalue weighted by atomic mass is 32.2. The maximum atomic E-state index is 11.7. The predicted octanol–water partition coefficient (Wildman–Crippen LogP) is 2.14. The van der Waals surface area contributed by atoms with E-state index in [0.717, 1.165) is 5.76 Å². The van der Waals surface area contributed by atoms with Crippen molar-refractivity contribution < 1.29 is 18.7 Å². The Morgan fingerprint density at radius 2 is 2.21 bits per heavy atom. The summed E-state index contributed by atoms with van der Waals surface area (Å²) >= 11 is 1.42. The van der Waals surface area contributed by atoms with Crippen molar-refractivity contribution in [3.8, 4) is 0 Å². The Bertz CT molecular complexity index is 405. The Hall–Kier alpha value is -1.43. The highest BCUT2D eigenvalue weighted by Gasteiger charge is 2.14. The van der Waals surface area contributed by atoms with Gasteiger partial charge in [-0.2, -0.15) is 0 Å². The minimum atomic E-state index is -0.260. The molecule has 19 heavy (non-hydrogen) atoms. The van der Waals surface area contributed by atoms with Crippen LogP contribution in [0.2, 0.25) is 0 Å². The van der Waals surface area contributed by atoms with Gasteiger partial charge in [-0.1, -0.05) is 6.92 Å². The zero-order chi connectivity index (χ0) is 14.3. The van der Waals surface area contributed by atoms with Crippen molar-refractivity contribution in [2.24, 2.45) is 0 Å². The first-order valence-corrected chi connectivity index (χ1v) is 7.09. The molecular weight excluding hydrogens is 266 g/mol. The average molecular weight is 285 g/mol. The molecule has 0 saturated carbocycles. The molecule has 6 heteroatoms. The van der Waals surface area contributed by atoms with E-state index >= 15 is 0 Å². The lowest BCUT2D eigenvalue weighted by molar-refractivity contribution is -0.140. The van der Waals surface area contributed by atoms with Crippen molar-refractivity contribution in [1.82, 2.24) is 5.32 Å². The number of nitrogens with one attached hydrogen (secondary N) is 1. The largest absolute Gasteiger partial charge is 0.469 e. The summed E-state index contributed by atoms with van der Waals surface area (Å²) in [6, 6.07) is 3.45. The fourth-order valence-corrected chi connectivity index (χ4v) is 2.26. The number of amides is 1. The molecule has 0 aliphatic rings. The number of ether oxygens (including phenoxy) is 1. The van der Waals surface area contributed by atoms with Gasteiger partial charge in [-0.15, -0.1) is 11.8 Å². The summed E-state index contributed by atoms with van der Waals surface area (Å²) in [5, 5.41) is 2.89. The summed E-state index contributed by atoms with van der Waals surface area (Å²) < 4.78 is 9.78. The molecule has 0 fully saturated rings. The minimum Gasteiger partial charge on any atom is -0.469 e. The van der Waals surface area contributed by atoms with Gasteiger partial charge in [0.2, 0.25) is 5.91 Å². The number of carbonyl (C=O) groups is 2. The molecular formula is C13H19NO4S. The Labute approximate surface area is 117 Å². The van der Waals surface area contributed by atoms with Crippen LogP contribution in [-0.4, -0.2) is 30.0 Å². The van der Waals surface area contributed by atoms with E-state index in [2.05, 4.69) is 10.1 Å². The first kappa shape index (κ1) is 15.6. The quantitative estimate of drug-likeness (QED) is 0.777. The molecule has 0 aliphatic heterocycles. The summed E-state index contributed by atoms with van der Waals surface area (Å²) in [5.74, 6) is 0.694. The Morgan fingerprint density at radius 3 is 2.79 bits per heavy atom. The van der Waals surface area contributed by atoms with Crippen LogP contribution < -0.4 is 5.32 Å². The van der Waals surface area contributed by atoms with Crippen molar-refractivity contribution in [2.45, 2.75) is 31.6 Å². The van der Waals surface area contributed by atoms with E-state index in [1.807, 2.05) is 19.9 Å². The van der Waals surface area contributed by atoms with Crippen LogP contribution in [0.5, 0.6) is 0 Å². The van der Waals surface area contributed by atoms with Crippen LogP contribution in [0.1, 0.15) is 32.1 Å². The summed E-state index contributed by atoms with van der Waals surface area (Å²) in [7, 11) is 1.36. The van der Waals surface area contributed by atoms with Gasteiger partial charge in [-0.05, 0) is 19.1 Å². The smallest absolute Gasteiger partial charge is 0.306 e. The summed E-state index contributed by atoms with van der Waals surface area (Å²) in [4.78, 5) is 22.8. The number of carbonyl (C=O) groups excluding carboxylic acids is 2. The first-order valence-electron chi connectivity index (χ1n) is 6.04. The highest BCUT2D eigenvalue weighted by Crippen LogP contribution is 2.16. The van der Waals surface area contributed by atoms with Crippen LogP contribution >= 0.6 is 11.8 Å². The first-order chi connectivity index (χ1) is 9.02. The number of esters is 1. The molecule has 0 aliphatic carbocycles. The predicted molar refractivity (Wildman–Crippen MR) is 73.8 cm³/mol. The second kappa shape index (κ2) is 7.89. The van der Waals surface area contributed by atoms with Crippen LogP contribution in [-0.2, 0) is 14.3 Å². The third-order valence-electron chi connectivity index (χ3n) is 2.53. The van der Waals surface area contributed by atoms with Crippen molar-refractivity contribution in [2.75, 3.05) is 12.9 Å². The number of methoxy groups -OCH3 is 1. The molecule has 2 atom stereocenters. The molecule has 0 aromatic carbocycles. The maximum Gasteiger partial charge on any atom is 0.306 e. The van der Waals surface area contributed by atoms with E-state index in [4.69, 9.17) is 4.42 Å². The third kappa shape index (κ3) is 5.83. The van der Waals surface area contributed by atoms with Crippen LogP contribution in [0.25, 0.3) is 0 Å². The molecule has 1 heterocycles. The lowest BCUT2D eigenvalue weighted by Gasteiger charge is -2.13. The van der Waals surface area contributed by atoms with E-state index < -0.39 is 0 Å². The van der Waals surface area contributed by atoms with Gasteiger partial charge in [0.15, 0.2) is 0 Å². The summed E-state index contributed by atoms with van der Waals surface area (Å²) in [5.41, 5.74) is 0. The molecule has 1 aromatic heterocycles. The van der Waals surface area contributed by atoms with Gasteiger partial charge < -0.3 is 14.5 Å². The zero-order valence-electron chi connectivity index (χ0n) is 11.3. The Balaban J connectivity index is 2.26. The SMILES string of the molecule is COC(=O)CC(C)SCC(=O)NC(C)c1ccco1. The second-order valence-corrected chi connectivity index (χ2v) is 5.63. The average Bonchev–Trinajstić information content (AvgIpc) is 2.90. The van der Waals surface area contributed by atoms with Crippen LogP contribution in [0.15, 0.2) is 22.8 Å². The molecule has 106 valence electrons. The molecule has 1 amide bonds. The molecule has 0 bridgehead atoms. The molecule has 1 rings (SSSR count). The number of furan rings is 1. The topological polar surface area (TPSA) is 68.5 Å². The standard InChI is InChI=1S/C13H19NO4S/c1-9(7-13(16)17-3)19-8-12(15)14-10(2)11-5-4-6-18-11/h4-6,9-10H,7-8H2,1-3H3,(H,14,15). The summed E-state index contributed by atoms with van der Waals surface area (Å²) in [6.45, 7) is 3.75. The van der Waals surface area contributed by atoms with Crippen LogP contribution in [0.3, 0.4) is 0 Å². The molecule has 1 N–H and O–H groups in total. The van der Waals surface area contributed by atoms with Crippen LogP contribution in [0.4, 0.5) is 0 Å². The number of hydrogen-bond acceptors (Lipinski definition) is 5. The van der Waals surface area contributed by atoms with E-state index in [0.29, 0.717) is 12.2 Å².